The molecular formula is C14H23N3. The molecule has 94 valence electrons. The van der Waals surface area contributed by atoms with Crippen molar-refractivity contribution in [1.29, 1.82) is 0 Å². The topological polar surface area (TPSA) is 36.1 Å². The van der Waals surface area contributed by atoms with Gasteiger partial charge in [0, 0.05) is 24.5 Å². The molecule has 17 heavy (non-hydrogen) atoms. The summed E-state index contributed by atoms with van der Waals surface area (Å²) in [6, 6.07) is 8.55. The first-order valence-electron chi connectivity index (χ1n) is 6.67. The van der Waals surface area contributed by atoms with E-state index in [4.69, 9.17) is 0 Å². The second-order valence-electron chi connectivity index (χ2n) is 4.70. The van der Waals surface area contributed by atoms with E-state index < -0.39 is 0 Å². The van der Waals surface area contributed by atoms with E-state index in [0.717, 1.165) is 25.6 Å². The van der Waals surface area contributed by atoms with Gasteiger partial charge in [-0.05, 0) is 63.0 Å². The minimum absolute atomic E-state index is 0.775. The van der Waals surface area contributed by atoms with Gasteiger partial charge in [0.25, 0.3) is 0 Å². The van der Waals surface area contributed by atoms with Crippen molar-refractivity contribution in [2.24, 2.45) is 5.92 Å². The third kappa shape index (κ3) is 3.93. The maximum Gasteiger partial charge on any atom is 0.0341 e. The highest BCUT2D eigenvalue weighted by Gasteiger charge is 2.11. The van der Waals surface area contributed by atoms with Gasteiger partial charge in [0.05, 0.1) is 0 Å². The van der Waals surface area contributed by atoms with Gasteiger partial charge < -0.3 is 16.0 Å². The quantitative estimate of drug-likeness (QED) is 0.731. The first kappa shape index (κ1) is 12.2. The third-order valence-electron chi connectivity index (χ3n) is 3.26. The van der Waals surface area contributed by atoms with Gasteiger partial charge in [-0.3, -0.25) is 0 Å². The molecule has 1 fully saturated rings. The van der Waals surface area contributed by atoms with E-state index in [1.807, 2.05) is 0 Å². The Balaban J connectivity index is 1.77. The molecule has 0 spiro atoms. The van der Waals surface area contributed by atoms with Crippen LogP contribution in [0.3, 0.4) is 0 Å². The molecule has 1 aliphatic heterocycles. The molecule has 0 saturated carbocycles. The van der Waals surface area contributed by atoms with Crippen LogP contribution < -0.4 is 16.0 Å². The van der Waals surface area contributed by atoms with Gasteiger partial charge in [-0.1, -0.05) is 0 Å². The fraction of sp³-hybridized carbons (Fsp3) is 0.571. The zero-order chi connectivity index (χ0) is 11.9. The number of benzene rings is 1. The maximum atomic E-state index is 3.52. The minimum atomic E-state index is 0.775. The Hall–Kier alpha value is -1.22. The molecular weight excluding hydrogens is 210 g/mol. The van der Waals surface area contributed by atoms with Crippen molar-refractivity contribution in [3.05, 3.63) is 24.3 Å². The molecule has 1 unspecified atom stereocenters. The smallest absolute Gasteiger partial charge is 0.0341 e. The summed E-state index contributed by atoms with van der Waals surface area (Å²) in [5.41, 5.74) is 2.41. The van der Waals surface area contributed by atoms with Gasteiger partial charge in [0.15, 0.2) is 0 Å². The molecule has 1 aromatic carbocycles. The highest BCUT2D eigenvalue weighted by molar-refractivity contribution is 5.53. The maximum absolute atomic E-state index is 3.52. The molecule has 3 heteroatoms. The Morgan fingerprint density at radius 1 is 1.18 bits per heavy atom. The predicted octanol–water partition coefficient (Wildman–Crippen LogP) is 2.53. The van der Waals surface area contributed by atoms with E-state index in [-0.39, 0.29) is 0 Å². The van der Waals surface area contributed by atoms with Crippen molar-refractivity contribution in [3.8, 4) is 0 Å². The summed E-state index contributed by atoms with van der Waals surface area (Å²) >= 11 is 0. The van der Waals surface area contributed by atoms with Crippen molar-refractivity contribution in [1.82, 2.24) is 5.32 Å². The number of nitrogens with one attached hydrogen (secondary N) is 3. The minimum Gasteiger partial charge on any atom is -0.385 e. The van der Waals surface area contributed by atoms with Gasteiger partial charge >= 0.3 is 0 Å². The van der Waals surface area contributed by atoms with E-state index in [0.29, 0.717) is 0 Å². The zero-order valence-electron chi connectivity index (χ0n) is 10.6. The van der Waals surface area contributed by atoms with Crippen LogP contribution in [0.1, 0.15) is 19.8 Å². The van der Waals surface area contributed by atoms with Crippen molar-refractivity contribution in [2.75, 3.05) is 36.8 Å². The molecule has 0 aliphatic carbocycles. The second kappa shape index (κ2) is 6.50. The molecule has 0 aromatic heterocycles. The van der Waals surface area contributed by atoms with Gasteiger partial charge in [0.1, 0.15) is 0 Å². The van der Waals surface area contributed by atoms with Crippen LogP contribution in [0.4, 0.5) is 11.4 Å². The van der Waals surface area contributed by atoms with Crippen LogP contribution in [0, 0.1) is 5.92 Å². The average Bonchev–Trinajstić information content (AvgIpc) is 2.40. The van der Waals surface area contributed by atoms with Crippen molar-refractivity contribution in [3.63, 3.8) is 0 Å². The number of hydrogen-bond donors (Lipinski definition) is 3. The average molecular weight is 233 g/mol. The van der Waals surface area contributed by atoms with E-state index >= 15 is 0 Å². The van der Waals surface area contributed by atoms with E-state index in [1.165, 1.54) is 30.8 Å². The predicted molar refractivity (Wildman–Crippen MR) is 74.7 cm³/mol. The molecule has 0 bridgehead atoms. The van der Waals surface area contributed by atoms with Gasteiger partial charge in [-0.2, -0.15) is 0 Å². The molecule has 1 saturated heterocycles. The summed E-state index contributed by atoms with van der Waals surface area (Å²) in [6.45, 7) is 6.51. The molecule has 1 atom stereocenters. The van der Waals surface area contributed by atoms with Crippen LogP contribution in [0.25, 0.3) is 0 Å². The Morgan fingerprint density at radius 3 is 2.47 bits per heavy atom. The molecule has 1 heterocycles. The van der Waals surface area contributed by atoms with Gasteiger partial charge in [-0.15, -0.1) is 0 Å². The standard InChI is InChI=1S/C14H23N3/c1-2-16-13-5-7-14(8-6-13)17-11-12-4-3-9-15-10-12/h5-8,12,15-17H,2-4,9-11H2,1H3. The van der Waals surface area contributed by atoms with E-state index in [1.54, 1.807) is 0 Å². The van der Waals surface area contributed by atoms with Crippen molar-refractivity contribution in [2.45, 2.75) is 19.8 Å². The highest BCUT2D eigenvalue weighted by atomic mass is 14.9. The Morgan fingerprint density at radius 2 is 1.88 bits per heavy atom. The highest BCUT2D eigenvalue weighted by Crippen LogP contribution is 2.15. The number of rotatable bonds is 5. The van der Waals surface area contributed by atoms with Gasteiger partial charge in [0.2, 0.25) is 0 Å². The monoisotopic (exact) mass is 233 g/mol. The fourth-order valence-corrected chi connectivity index (χ4v) is 2.27. The van der Waals surface area contributed by atoms with Gasteiger partial charge in [-0.25, -0.2) is 0 Å². The van der Waals surface area contributed by atoms with E-state index in [2.05, 4.69) is 47.1 Å². The fourth-order valence-electron chi connectivity index (χ4n) is 2.27. The number of hydrogen-bond acceptors (Lipinski definition) is 3. The van der Waals surface area contributed by atoms with Crippen LogP contribution in [-0.2, 0) is 0 Å². The van der Waals surface area contributed by atoms with Crippen LogP contribution in [0.5, 0.6) is 0 Å². The van der Waals surface area contributed by atoms with Crippen LogP contribution in [0.2, 0.25) is 0 Å². The molecule has 3 N–H and O–H groups in total. The van der Waals surface area contributed by atoms with E-state index in [9.17, 15) is 0 Å². The molecule has 0 radical (unpaired) electrons. The van der Waals surface area contributed by atoms with Crippen molar-refractivity contribution >= 4 is 11.4 Å². The normalized spacial score (nSPS) is 19.9. The summed E-state index contributed by atoms with van der Waals surface area (Å²) in [5.74, 6) is 0.775. The molecule has 1 aromatic rings. The largest absolute Gasteiger partial charge is 0.385 e. The zero-order valence-corrected chi connectivity index (χ0v) is 10.6. The first-order valence-corrected chi connectivity index (χ1v) is 6.67. The first-order chi connectivity index (χ1) is 8.38. The molecule has 1 aliphatic rings. The lowest BCUT2D eigenvalue weighted by Gasteiger charge is -2.23. The molecule has 3 nitrogen and oxygen atoms in total. The summed E-state index contributed by atoms with van der Waals surface area (Å²) in [7, 11) is 0. The van der Waals surface area contributed by atoms with Crippen LogP contribution in [-0.4, -0.2) is 26.2 Å². The summed E-state index contributed by atoms with van der Waals surface area (Å²) in [6.07, 6.45) is 2.65. The second-order valence-corrected chi connectivity index (χ2v) is 4.70. The Kier molecular flexibility index (Phi) is 4.68. The number of piperidine rings is 1. The lowest BCUT2D eigenvalue weighted by atomic mass is 10.00. The lowest BCUT2D eigenvalue weighted by molar-refractivity contribution is 0.393. The summed E-state index contributed by atoms with van der Waals surface area (Å²) in [4.78, 5) is 0. The van der Waals surface area contributed by atoms with Crippen LogP contribution in [0.15, 0.2) is 24.3 Å². The molecule has 2 rings (SSSR count). The summed E-state index contributed by atoms with van der Waals surface area (Å²) in [5, 5.41) is 10.3. The SMILES string of the molecule is CCNc1ccc(NCC2CCCNC2)cc1. The Labute approximate surface area is 104 Å². The third-order valence-corrected chi connectivity index (χ3v) is 3.26. The van der Waals surface area contributed by atoms with Crippen molar-refractivity contribution < 1.29 is 0 Å². The number of anilines is 2. The lowest BCUT2D eigenvalue weighted by Crippen LogP contribution is -2.33. The molecule has 0 amide bonds. The summed E-state index contributed by atoms with van der Waals surface area (Å²) < 4.78 is 0. The van der Waals surface area contributed by atoms with Crippen LogP contribution >= 0.6 is 0 Å². The Bertz CT molecular complexity index is 315.